The van der Waals surface area contributed by atoms with Crippen LogP contribution in [0.25, 0.3) is 10.9 Å². The fourth-order valence-corrected chi connectivity index (χ4v) is 3.76. The van der Waals surface area contributed by atoms with Crippen molar-refractivity contribution in [1.82, 2.24) is 9.88 Å². The van der Waals surface area contributed by atoms with Crippen LogP contribution in [0, 0.1) is 0 Å². The van der Waals surface area contributed by atoms with Crippen LogP contribution in [0.1, 0.15) is 15.9 Å². The number of halogens is 1. The Hall–Kier alpha value is -2.63. The molecule has 0 spiro atoms. The van der Waals surface area contributed by atoms with Gasteiger partial charge in [-0.25, -0.2) is 0 Å². The van der Waals surface area contributed by atoms with E-state index in [1.807, 2.05) is 48.3 Å². The Morgan fingerprint density at radius 3 is 2.68 bits per heavy atom. The molecule has 3 aromatic rings. The van der Waals surface area contributed by atoms with Gasteiger partial charge >= 0.3 is 0 Å². The van der Waals surface area contributed by atoms with E-state index in [4.69, 9.17) is 16.3 Å². The van der Waals surface area contributed by atoms with E-state index in [0.29, 0.717) is 43.4 Å². The van der Waals surface area contributed by atoms with Gasteiger partial charge in [0.15, 0.2) is 0 Å². The Kier molecular flexibility index (Phi) is 5.46. The summed E-state index contributed by atoms with van der Waals surface area (Å²) in [5, 5.41) is 1.50. The summed E-state index contributed by atoms with van der Waals surface area (Å²) in [6, 6.07) is 15.8. The number of carbonyl (C=O) groups is 1. The topological polar surface area (TPSA) is 45.7 Å². The predicted octanol–water partition coefficient (Wildman–Crippen LogP) is 4.00. The Bertz CT molecular complexity index is 988. The summed E-state index contributed by atoms with van der Waals surface area (Å²) in [4.78, 5) is 21.7. The van der Waals surface area contributed by atoms with Crippen LogP contribution in [0.5, 0.6) is 0 Å². The molecule has 5 nitrogen and oxygen atoms in total. The molecule has 0 saturated carbocycles. The van der Waals surface area contributed by atoms with E-state index in [1.54, 1.807) is 6.20 Å². The molecule has 4 rings (SSSR count). The number of anilines is 1. The second-order valence-electron chi connectivity index (χ2n) is 6.93. The first-order chi connectivity index (χ1) is 13.6. The standard InChI is InChI=1S/C22H22ClN3O2/c1-25(15-16-5-3-2-4-6-16)21-18-13-17(23)7-8-20(18)24-14-19(21)22(27)26-9-11-28-12-10-26/h2-8,13-14H,9-12,15H2,1H3. The van der Waals surface area contributed by atoms with E-state index in [2.05, 4.69) is 22.0 Å². The maximum atomic E-state index is 13.3. The number of nitrogens with zero attached hydrogens (tertiary/aromatic N) is 3. The molecule has 0 bridgehead atoms. The summed E-state index contributed by atoms with van der Waals surface area (Å²) >= 11 is 6.28. The normalized spacial score (nSPS) is 14.3. The number of pyridine rings is 1. The monoisotopic (exact) mass is 395 g/mol. The van der Waals surface area contributed by atoms with E-state index < -0.39 is 0 Å². The maximum absolute atomic E-state index is 13.3. The number of benzene rings is 2. The van der Waals surface area contributed by atoms with Crippen LogP contribution in [0.15, 0.2) is 54.7 Å². The predicted molar refractivity (Wildman–Crippen MR) is 112 cm³/mol. The van der Waals surface area contributed by atoms with Gasteiger partial charge in [0.05, 0.1) is 30.0 Å². The average molecular weight is 396 g/mol. The van der Waals surface area contributed by atoms with Gasteiger partial charge in [-0.05, 0) is 23.8 Å². The summed E-state index contributed by atoms with van der Waals surface area (Å²) in [6.07, 6.45) is 1.69. The van der Waals surface area contributed by atoms with Crippen molar-refractivity contribution in [1.29, 1.82) is 0 Å². The van der Waals surface area contributed by atoms with Crippen LogP contribution in [0.2, 0.25) is 5.02 Å². The molecule has 1 aliphatic heterocycles. The Morgan fingerprint density at radius 2 is 1.93 bits per heavy atom. The van der Waals surface area contributed by atoms with Crippen molar-refractivity contribution in [3.63, 3.8) is 0 Å². The van der Waals surface area contributed by atoms with Gasteiger partial charge in [0.2, 0.25) is 0 Å². The first-order valence-corrected chi connectivity index (χ1v) is 9.71. The zero-order valence-corrected chi connectivity index (χ0v) is 16.5. The molecule has 1 aliphatic rings. The highest BCUT2D eigenvalue weighted by Gasteiger charge is 2.24. The molecular weight excluding hydrogens is 374 g/mol. The summed E-state index contributed by atoms with van der Waals surface area (Å²) in [5.41, 5.74) is 3.43. The third-order valence-corrected chi connectivity index (χ3v) is 5.21. The summed E-state index contributed by atoms with van der Waals surface area (Å²) in [6.45, 7) is 2.99. The first-order valence-electron chi connectivity index (χ1n) is 9.34. The zero-order valence-electron chi connectivity index (χ0n) is 15.8. The molecule has 1 amide bonds. The molecule has 0 unspecified atom stereocenters. The van der Waals surface area contributed by atoms with E-state index >= 15 is 0 Å². The second-order valence-corrected chi connectivity index (χ2v) is 7.36. The van der Waals surface area contributed by atoms with E-state index in [0.717, 1.165) is 16.6 Å². The number of aromatic nitrogens is 1. The number of ether oxygens (including phenoxy) is 1. The van der Waals surface area contributed by atoms with Gasteiger partial charge < -0.3 is 14.5 Å². The summed E-state index contributed by atoms with van der Waals surface area (Å²) in [5.74, 6) is -0.0208. The van der Waals surface area contributed by atoms with Gasteiger partial charge in [-0.15, -0.1) is 0 Å². The molecule has 0 atom stereocenters. The molecule has 28 heavy (non-hydrogen) atoms. The molecule has 0 aliphatic carbocycles. The second kappa shape index (κ2) is 8.17. The van der Waals surface area contributed by atoms with Crippen LogP contribution in [-0.2, 0) is 11.3 Å². The smallest absolute Gasteiger partial charge is 0.257 e. The highest BCUT2D eigenvalue weighted by molar-refractivity contribution is 6.31. The third-order valence-electron chi connectivity index (χ3n) is 4.97. The Labute approximate surface area is 169 Å². The molecule has 0 N–H and O–H groups in total. The maximum Gasteiger partial charge on any atom is 0.257 e. The van der Waals surface area contributed by atoms with Crippen LogP contribution in [-0.4, -0.2) is 49.1 Å². The van der Waals surface area contributed by atoms with Crippen molar-refractivity contribution in [3.05, 3.63) is 70.9 Å². The van der Waals surface area contributed by atoms with Gasteiger partial charge in [0.25, 0.3) is 5.91 Å². The molecule has 6 heteroatoms. The minimum Gasteiger partial charge on any atom is -0.378 e. The lowest BCUT2D eigenvalue weighted by Gasteiger charge is -2.30. The highest BCUT2D eigenvalue weighted by Crippen LogP contribution is 2.32. The molecule has 1 aromatic heterocycles. The van der Waals surface area contributed by atoms with Crippen molar-refractivity contribution >= 4 is 34.1 Å². The highest BCUT2D eigenvalue weighted by atomic mass is 35.5. The van der Waals surface area contributed by atoms with Gasteiger partial charge in [0, 0.05) is 43.3 Å². The zero-order chi connectivity index (χ0) is 19.5. The van der Waals surface area contributed by atoms with Gasteiger partial charge in [-0.1, -0.05) is 41.9 Å². The minimum atomic E-state index is -0.0208. The molecule has 2 heterocycles. The van der Waals surface area contributed by atoms with Gasteiger partial charge in [-0.2, -0.15) is 0 Å². The average Bonchev–Trinajstić information content (AvgIpc) is 2.73. The number of hydrogen-bond acceptors (Lipinski definition) is 4. The first kappa shape index (κ1) is 18.7. The van der Waals surface area contributed by atoms with Crippen LogP contribution in [0.3, 0.4) is 0 Å². The fraction of sp³-hybridized carbons (Fsp3) is 0.273. The van der Waals surface area contributed by atoms with Gasteiger partial charge in [-0.3, -0.25) is 9.78 Å². The fourth-order valence-electron chi connectivity index (χ4n) is 3.59. The third kappa shape index (κ3) is 3.81. The quantitative estimate of drug-likeness (QED) is 0.670. The molecule has 0 radical (unpaired) electrons. The van der Waals surface area contributed by atoms with Crippen molar-refractivity contribution in [2.45, 2.75) is 6.54 Å². The Balaban J connectivity index is 1.80. The van der Waals surface area contributed by atoms with Crippen molar-refractivity contribution in [2.75, 3.05) is 38.3 Å². The number of carbonyl (C=O) groups excluding carboxylic acids is 1. The van der Waals surface area contributed by atoms with Crippen molar-refractivity contribution in [2.24, 2.45) is 0 Å². The van der Waals surface area contributed by atoms with Crippen LogP contribution < -0.4 is 4.90 Å². The van der Waals surface area contributed by atoms with E-state index in [-0.39, 0.29) is 5.91 Å². The van der Waals surface area contributed by atoms with E-state index in [1.165, 1.54) is 5.56 Å². The molecular formula is C22H22ClN3O2. The molecule has 1 saturated heterocycles. The lowest BCUT2D eigenvalue weighted by Crippen LogP contribution is -2.41. The molecule has 2 aromatic carbocycles. The minimum absolute atomic E-state index is 0.0208. The molecule has 144 valence electrons. The lowest BCUT2D eigenvalue weighted by atomic mass is 10.1. The van der Waals surface area contributed by atoms with Gasteiger partial charge in [0.1, 0.15) is 0 Å². The largest absolute Gasteiger partial charge is 0.378 e. The van der Waals surface area contributed by atoms with Crippen LogP contribution in [0.4, 0.5) is 5.69 Å². The number of rotatable bonds is 4. The number of fused-ring (bicyclic) bond motifs is 1. The van der Waals surface area contributed by atoms with Crippen molar-refractivity contribution in [3.8, 4) is 0 Å². The van der Waals surface area contributed by atoms with Crippen molar-refractivity contribution < 1.29 is 9.53 Å². The van der Waals surface area contributed by atoms with Crippen LogP contribution >= 0.6 is 11.6 Å². The number of morpholine rings is 1. The van der Waals surface area contributed by atoms with E-state index in [9.17, 15) is 4.79 Å². The SMILES string of the molecule is CN(Cc1ccccc1)c1c(C(=O)N2CCOCC2)cnc2ccc(Cl)cc12. The Morgan fingerprint density at radius 1 is 1.18 bits per heavy atom. The lowest BCUT2D eigenvalue weighted by molar-refractivity contribution is 0.0303. The molecule has 1 fully saturated rings. The number of hydrogen-bond donors (Lipinski definition) is 0. The summed E-state index contributed by atoms with van der Waals surface area (Å²) in [7, 11) is 2.00. The number of amides is 1. The summed E-state index contributed by atoms with van der Waals surface area (Å²) < 4.78 is 5.39.